The van der Waals surface area contributed by atoms with Crippen LogP contribution in [0.25, 0.3) is 11.0 Å². The van der Waals surface area contributed by atoms with Gasteiger partial charge in [-0.25, -0.2) is 4.98 Å². The summed E-state index contributed by atoms with van der Waals surface area (Å²) in [6.07, 6.45) is 3.61. The molecular weight excluding hydrogens is 188 g/mol. The molecule has 1 fully saturated rings. The zero-order chi connectivity index (χ0) is 10.3. The molecule has 0 unspecified atom stereocenters. The SMILES string of the molecule is C[C@@H]1CNC[C@H]1c1nc2ccncc2[nH]1. The molecule has 1 saturated heterocycles. The van der Waals surface area contributed by atoms with Crippen LogP contribution in [0.1, 0.15) is 18.7 Å². The van der Waals surface area contributed by atoms with Crippen LogP contribution in [0.5, 0.6) is 0 Å². The minimum Gasteiger partial charge on any atom is -0.340 e. The van der Waals surface area contributed by atoms with E-state index in [4.69, 9.17) is 0 Å². The largest absolute Gasteiger partial charge is 0.340 e. The number of pyridine rings is 1. The number of H-pyrrole nitrogens is 1. The number of fused-ring (bicyclic) bond motifs is 1. The summed E-state index contributed by atoms with van der Waals surface area (Å²) in [6.45, 7) is 4.37. The molecule has 1 aliphatic rings. The van der Waals surface area contributed by atoms with E-state index < -0.39 is 0 Å². The second-order valence-electron chi connectivity index (χ2n) is 4.26. The van der Waals surface area contributed by atoms with Gasteiger partial charge >= 0.3 is 0 Å². The lowest BCUT2D eigenvalue weighted by atomic mass is 9.98. The summed E-state index contributed by atoms with van der Waals surface area (Å²) in [4.78, 5) is 12.0. The number of aromatic nitrogens is 3. The molecule has 2 aromatic rings. The minimum atomic E-state index is 0.511. The van der Waals surface area contributed by atoms with Crippen LogP contribution in [0, 0.1) is 5.92 Å². The second-order valence-corrected chi connectivity index (χ2v) is 4.26. The van der Waals surface area contributed by atoms with E-state index in [-0.39, 0.29) is 0 Å². The zero-order valence-electron chi connectivity index (χ0n) is 8.70. The molecule has 15 heavy (non-hydrogen) atoms. The molecule has 1 aliphatic heterocycles. The molecule has 0 amide bonds. The van der Waals surface area contributed by atoms with Crippen LogP contribution in [-0.2, 0) is 0 Å². The summed E-state index contributed by atoms with van der Waals surface area (Å²) in [7, 11) is 0. The van der Waals surface area contributed by atoms with E-state index in [9.17, 15) is 0 Å². The van der Waals surface area contributed by atoms with Gasteiger partial charge in [-0.3, -0.25) is 4.98 Å². The molecule has 0 bridgehead atoms. The maximum Gasteiger partial charge on any atom is 0.112 e. The van der Waals surface area contributed by atoms with Gasteiger partial charge in [0.15, 0.2) is 0 Å². The molecule has 2 atom stereocenters. The fourth-order valence-electron chi connectivity index (χ4n) is 2.23. The van der Waals surface area contributed by atoms with Crippen molar-refractivity contribution in [2.45, 2.75) is 12.8 Å². The fraction of sp³-hybridized carbons (Fsp3) is 0.455. The van der Waals surface area contributed by atoms with Gasteiger partial charge in [-0.1, -0.05) is 6.92 Å². The third-order valence-corrected chi connectivity index (χ3v) is 3.17. The highest BCUT2D eigenvalue weighted by molar-refractivity contribution is 5.73. The number of rotatable bonds is 1. The van der Waals surface area contributed by atoms with Crippen molar-refractivity contribution in [3.05, 3.63) is 24.3 Å². The molecule has 2 N–H and O–H groups in total. The first-order valence-corrected chi connectivity index (χ1v) is 5.35. The Kier molecular flexibility index (Phi) is 1.95. The summed E-state index contributed by atoms with van der Waals surface area (Å²) in [6, 6.07) is 1.95. The maximum absolute atomic E-state index is 4.61. The number of hydrogen-bond acceptors (Lipinski definition) is 3. The number of nitrogens with zero attached hydrogens (tertiary/aromatic N) is 2. The summed E-state index contributed by atoms with van der Waals surface area (Å²) in [5.41, 5.74) is 2.05. The van der Waals surface area contributed by atoms with E-state index >= 15 is 0 Å². The number of nitrogens with one attached hydrogen (secondary N) is 2. The monoisotopic (exact) mass is 202 g/mol. The lowest BCUT2D eigenvalue weighted by molar-refractivity contribution is 0.551. The van der Waals surface area contributed by atoms with Crippen molar-refractivity contribution in [3.63, 3.8) is 0 Å². The topological polar surface area (TPSA) is 53.6 Å². The Morgan fingerprint density at radius 3 is 3.07 bits per heavy atom. The molecule has 3 rings (SSSR count). The normalized spacial score (nSPS) is 26.2. The zero-order valence-corrected chi connectivity index (χ0v) is 8.70. The van der Waals surface area contributed by atoms with E-state index in [0.717, 1.165) is 29.9 Å². The lowest BCUT2D eigenvalue weighted by Gasteiger charge is -2.09. The summed E-state index contributed by atoms with van der Waals surface area (Å²) in [5, 5.41) is 3.39. The van der Waals surface area contributed by atoms with Gasteiger partial charge in [0.2, 0.25) is 0 Å². The standard InChI is InChI=1S/C11H14N4/c1-7-4-13-5-8(7)11-14-9-2-3-12-6-10(9)15-11/h2-3,6-8,13H,4-5H2,1H3,(H,14,15)/t7-,8-/m1/s1. The van der Waals surface area contributed by atoms with Gasteiger partial charge in [0, 0.05) is 18.7 Å². The molecule has 4 nitrogen and oxygen atoms in total. The predicted molar refractivity (Wildman–Crippen MR) is 58.7 cm³/mol. The lowest BCUT2D eigenvalue weighted by Crippen LogP contribution is -2.09. The second kappa shape index (κ2) is 3.31. The average molecular weight is 202 g/mol. The third kappa shape index (κ3) is 1.41. The van der Waals surface area contributed by atoms with Crippen LogP contribution < -0.4 is 5.32 Å². The van der Waals surface area contributed by atoms with Crippen molar-refractivity contribution < 1.29 is 0 Å². The van der Waals surface area contributed by atoms with Gasteiger partial charge in [-0.2, -0.15) is 0 Å². The van der Waals surface area contributed by atoms with Gasteiger partial charge < -0.3 is 10.3 Å². The molecule has 2 aromatic heterocycles. The van der Waals surface area contributed by atoms with Crippen molar-refractivity contribution in [1.29, 1.82) is 0 Å². The summed E-state index contributed by atoms with van der Waals surface area (Å²) in [5.74, 6) is 2.26. The van der Waals surface area contributed by atoms with Crippen LogP contribution in [0.15, 0.2) is 18.5 Å². The van der Waals surface area contributed by atoms with E-state index in [1.54, 1.807) is 6.20 Å². The van der Waals surface area contributed by atoms with Gasteiger partial charge in [0.05, 0.1) is 17.2 Å². The first kappa shape index (κ1) is 8.85. The number of hydrogen-bond donors (Lipinski definition) is 2. The van der Waals surface area contributed by atoms with Crippen molar-refractivity contribution in [1.82, 2.24) is 20.3 Å². The van der Waals surface area contributed by atoms with Crippen molar-refractivity contribution >= 4 is 11.0 Å². The van der Waals surface area contributed by atoms with Crippen molar-refractivity contribution in [2.75, 3.05) is 13.1 Å². The van der Waals surface area contributed by atoms with Crippen LogP contribution in [0.3, 0.4) is 0 Å². The average Bonchev–Trinajstić information content (AvgIpc) is 2.82. The molecule has 3 heterocycles. The highest BCUT2D eigenvalue weighted by Crippen LogP contribution is 2.26. The third-order valence-electron chi connectivity index (χ3n) is 3.17. The van der Waals surface area contributed by atoms with Gasteiger partial charge in [-0.15, -0.1) is 0 Å². The fourth-order valence-corrected chi connectivity index (χ4v) is 2.23. The molecule has 78 valence electrons. The first-order valence-electron chi connectivity index (χ1n) is 5.35. The van der Waals surface area contributed by atoms with E-state index in [1.165, 1.54) is 0 Å². The van der Waals surface area contributed by atoms with Gasteiger partial charge in [0.25, 0.3) is 0 Å². The Morgan fingerprint density at radius 2 is 2.33 bits per heavy atom. The Bertz CT molecular complexity index is 443. The highest BCUT2D eigenvalue weighted by Gasteiger charge is 2.27. The van der Waals surface area contributed by atoms with E-state index in [0.29, 0.717) is 11.8 Å². The van der Waals surface area contributed by atoms with E-state index in [1.807, 2.05) is 12.3 Å². The van der Waals surface area contributed by atoms with Crippen LogP contribution in [0.2, 0.25) is 0 Å². The first-order chi connectivity index (χ1) is 7.34. The smallest absolute Gasteiger partial charge is 0.112 e. The number of imidazole rings is 1. The Labute approximate surface area is 88.1 Å². The molecular formula is C11H14N4. The molecule has 0 aliphatic carbocycles. The Morgan fingerprint density at radius 1 is 1.40 bits per heavy atom. The molecule has 0 spiro atoms. The van der Waals surface area contributed by atoms with Crippen molar-refractivity contribution in [2.24, 2.45) is 5.92 Å². The van der Waals surface area contributed by atoms with Crippen LogP contribution in [-0.4, -0.2) is 28.0 Å². The predicted octanol–water partition coefficient (Wildman–Crippen LogP) is 1.28. The molecule has 0 radical (unpaired) electrons. The highest BCUT2D eigenvalue weighted by atomic mass is 15.0. The summed E-state index contributed by atoms with van der Waals surface area (Å²) < 4.78 is 0. The molecule has 4 heteroatoms. The van der Waals surface area contributed by atoms with E-state index in [2.05, 4.69) is 27.2 Å². The Balaban J connectivity index is 2.04. The Hall–Kier alpha value is -1.42. The molecule has 0 saturated carbocycles. The molecule has 0 aromatic carbocycles. The van der Waals surface area contributed by atoms with Gasteiger partial charge in [0.1, 0.15) is 5.82 Å². The van der Waals surface area contributed by atoms with Crippen LogP contribution in [0.4, 0.5) is 0 Å². The van der Waals surface area contributed by atoms with Gasteiger partial charge in [-0.05, 0) is 18.5 Å². The van der Waals surface area contributed by atoms with Crippen LogP contribution >= 0.6 is 0 Å². The van der Waals surface area contributed by atoms with Crippen molar-refractivity contribution in [3.8, 4) is 0 Å². The summed E-state index contributed by atoms with van der Waals surface area (Å²) >= 11 is 0. The number of aromatic amines is 1. The quantitative estimate of drug-likeness (QED) is 0.732. The maximum atomic E-state index is 4.61. The minimum absolute atomic E-state index is 0.511.